The Kier molecular flexibility index (Phi) is 4.78. The zero-order valence-corrected chi connectivity index (χ0v) is 15.2. The predicted molar refractivity (Wildman–Crippen MR) is 93.0 cm³/mol. The Morgan fingerprint density at radius 3 is 2.60 bits per heavy atom. The average molecular weight is 347 g/mol. The van der Waals surface area contributed by atoms with Gasteiger partial charge in [0.05, 0.1) is 19.3 Å². The number of H-pyrrole nitrogens is 1. The van der Waals surface area contributed by atoms with E-state index in [1.807, 2.05) is 6.92 Å². The van der Waals surface area contributed by atoms with E-state index in [0.29, 0.717) is 5.91 Å². The number of aromatic nitrogens is 3. The van der Waals surface area contributed by atoms with Crippen molar-refractivity contribution in [1.29, 1.82) is 0 Å². The fourth-order valence-electron chi connectivity index (χ4n) is 4.85. The standard InChI is InChI=1S/C18H29N5O2/c1-14-19-16(21-20-14)15-6-5-9-23(15)17(24)18(7-3-2-4-8-18)22-10-12-25-13-11-22/h15H,2-13H2,1H3,(H,19,20,21). The fraction of sp³-hybridized carbons (Fsp3) is 0.833. The summed E-state index contributed by atoms with van der Waals surface area (Å²) >= 11 is 0. The Morgan fingerprint density at radius 2 is 1.92 bits per heavy atom. The van der Waals surface area contributed by atoms with Gasteiger partial charge in [-0.05, 0) is 32.6 Å². The number of ether oxygens (including phenoxy) is 1. The molecule has 1 amide bonds. The maximum absolute atomic E-state index is 13.8. The van der Waals surface area contributed by atoms with Crippen LogP contribution >= 0.6 is 0 Å². The number of amides is 1. The first-order chi connectivity index (χ1) is 12.2. The Bertz CT molecular complexity index is 604. The van der Waals surface area contributed by atoms with Gasteiger partial charge in [0, 0.05) is 19.6 Å². The largest absolute Gasteiger partial charge is 0.379 e. The van der Waals surface area contributed by atoms with Gasteiger partial charge in [-0.25, -0.2) is 4.98 Å². The van der Waals surface area contributed by atoms with Crippen LogP contribution in [0.25, 0.3) is 0 Å². The number of carbonyl (C=O) groups is 1. The van der Waals surface area contributed by atoms with Crippen LogP contribution < -0.4 is 0 Å². The smallest absolute Gasteiger partial charge is 0.243 e. The van der Waals surface area contributed by atoms with Crippen LogP contribution in [0.15, 0.2) is 0 Å². The number of aromatic amines is 1. The normalized spacial score (nSPS) is 27.6. The lowest BCUT2D eigenvalue weighted by Crippen LogP contribution is -2.62. The topological polar surface area (TPSA) is 74.3 Å². The van der Waals surface area contributed by atoms with Gasteiger partial charge in [-0.2, -0.15) is 5.10 Å². The molecule has 1 N–H and O–H groups in total. The molecule has 2 saturated heterocycles. The first-order valence-electron chi connectivity index (χ1n) is 9.73. The Morgan fingerprint density at radius 1 is 1.16 bits per heavy atom. The average Bonchev–Trinajstić information content (AvgIpc) is 3.31. The molecule has 0 bridgehead atoms. The fourth-order valence-corrected chi connectivity index (χ4v) is 4.85. The maximum Gasteiger partial charge on any atom is 0.243 e. The third kappa shape index (κ3) is 3.08. The summed E-state index contributed by atoms with van der Waals surface area (Å²) in [6.45, 7) is 5.93. The number of nitrogens with zero attached hydrogens (tertiary/aromatic N) is 4. The highest BCUT2D eigenvalue weighted by atomic mass is 16.5. The molecule has 1 atom stereocenters. The monoisotopic (exact) mass is 347 g/mol. The number of hydrogen-bond donors (Lipinski definition) is 1. The van der Waals surface area contributed by atoms with Crippen molar-refractivity contribution in [3.05, 3.63) is 11.6 Å². The van der Waals surface area contributed by atoms with Crippen molar-refractivity contribution in [3.63, 3.8) is 0 Å². The van der Waals surface area contributed by atoms with Crippen LogP contribution in [-0.2, 0) is 9.53 Å². The minimum absolute atomic E-state index is 0.0253. The summed E-state index contributed by atoms with van der Waals surface area (Å²) in [5.41, 5.74) is -0.337. The van der Waals surface area contributed by atoms with E-state index in [4.69, 9.17) is 4.74 Å². The Labute approximate surface area is 149 Å². The molecular formula is C18H29N5O2. The number of morpholine rings is 1. The third-order valence-electron chi connectivity index (χ3n) is 6.12. The van der Waals surface area contributed by atoms with Crippen molar-refractivity contribution in [2.45, 2.75) is 63.5 Å². The van der Waals surface area contributed by atoms with Crippen LogP contribution in [0.1, 0.15) is 62.6 Å². The second kappa shape index (κ2) is 7.03. The molecule has 7 nitrogen and oxygen atoms in total. The van der Waals surface area contributed by atoms with E-state index in [9.17, 15) is 4.79 Å². The molecule has 1 aliphatic carbocycles. The molecule has 0 radical (unpaired) electrons. The van der Waals surface area contributed by atoms with Crippen LogP contribution in [0.2, 0.25) is 0 Å². The van der Waals surface area contributed by atoms with Crippen LogP contribution in [0.5, 0.6) is 0 Å². The highest BCUT2D eigenvalue weighted by Crippen LogP contribution is 2.40. The first-order valence-corrected chi connectivity index (χ1v) is 9.73. The van der Waals surface area contributed by atoms with Crippen molar-refractivity contribution in [2.75, 3.05) is 32.8 Å². The maximum atomic E-state index is 13.8. The van der Waals surface area contributed by atoms with Crippen LogP contribution in [-0.4, -0.2) is 69.3 Å². The Balaban J connectivity index is 1.61. The van der Waals surface area contributed by atoms with Crippen molar-refractivity contribution in [1.82, 2.24) is 25.0 Å². The molecule has 1 saturated carbocycles. The van der Waals surface area contributed by atoms with Gasteiger partial charge in [-0.15, -0.1) is 0 Å². The van der Waals surface area contributed by atoms with Gasteiger partial charge in [0.25, 0.3) is 0 Å². The van der Waals surface area contributed by atoms with E-state index in [0.717, 1.165) is 83.0 Å². The number of nitrogens with one attached hydrogen (secondary N) is 1. The summed E-state index contributed by atoms with van der Waals surface area (Å²) in [6.07, 6.45) is 7.46. The molecule has 4 rings (SSSR count). The minimum Gasteiger partial charge on any atom is -0.379 e. The molecule has 3 aliphatic rings. The van der Waals surface area contributed by atoms with E-state index in [2.05, 4.69) is 25.0 Å². The van der Waals surface area contributed by atoms with Gasteiger partial charge in [-0.1, -0.05) is 19.3 Å². The highest BCUT2D eigenvalue weighted by molar-refractivity contribution is 5.87. The lowest BCUT2D eigenvalue weighted by atomic mass is 9.78. The zero-order chi connectivity index (χ0) is 17.3. The van der Waals surface area contributed by atoms with E-state index in [1.165, 1.54) is 6.42 Å². The van der Waals surface area contributed by atoms with Gasteiger partial charge in [0.15, 0.2) is 5.82 Å². The summed E-state index contributed by atoms with van der Waals surface area (Å²) in [5.74, 6) is 1.89. The lowest BCUT2D eigenvalue weighted by molar-refractivity contribution is -0.152. The third-order valence-corrected chi connectivity index (χ3v) is 6.12. The summed E-state index contributed by atoms with van der Waals surface area (Å²) in [5, 5.41) is 7.28. The van der Waals surface area contributed by atoms with Gasteiger partial charge in [0.2, 0.25) is 5.91 Å². The van der Waals surface area contributed by atoms with Crippen LogP contribution in [0.4, 0.5) is 0 Å². The number of carbonyl (C=O) groups excluding carboxylic acids is 1. The van der Waals surface area contributed by atoms with Crippen molar-refractivity contribution in [3.8, 4) is 0 Å². The summed E-state index contributed by atoms with van der Waals surface area (Å²) in [7, 11) is 0. The molecule has 0 aromatic carbocycles. The first kappa shape index (κ1) is 17.0. The van der Waals surface area contributed by atoms with Crippen molar-refractivity contribution < 1.29 is 9.53 Å². The van der Waals surface area contributed by atoms with Gasteiger partial charge in [-0.3, -0.25) is 14.8 Å². The van der Waals surface area contributed by atoms with E-state index in [-0.39, 0.29) is 11.6 Å². The molecule has 3 heterocycles. The molecule has 1 unspecified atom stereocenters. The molecule has 0 spiro atoms. The van der Waals surface area contributed by atoms with Gasteiger partial charge >= 0.3 is 0 Å². The van der Waals surface area contributed by atoms with E-state index < -0.39 is 0 Å². The molecule has 1 aromatic heterocycles. The minimum atomic E-state index is -0.337. The highest BCUT2D eigenvalue weighted by Gasteiger charge is 2.49. The molecule has 2 aliphatic heterocycles. The SMILES string of the molecule is Cc1nc(C2CCCN2C(=O)C2(N3CCOCC3)CCCCC2)n[nH]1. The molecule has 7 heteroatoms. The molecular weight excluding hydrogens is 318 g/mol. The van der Waals surface area contributed by atoms with E-state index in [1.54, 1.807) is 0 Å². The summed E-state index contributed by atoms with van der Waals surface area (Å²) in [6, 6.07) is 0.0253. The number of hydrogen-bond acceptors (Lipinski definition) is 5. The van der Waals surface area contributed by atoms with Gasteiger partial charge in [0.1, 0.15) is 11.4 Å². The predicted octanol–water partition coefficient (Wildman–Crippen LogP) is 1.81. The summed E-state index contributed by atoms with van der Waals surface area (Å²) < 4.78 is 5.54. The zero-order valence-electron chi connectivity index (χ0n) is 15.2. The van der Waals surface area contributed by atoms with Gasteiger partial charge < -0.3 is 9.64 Å². The lowest BCUT2D eigenvalue weighted by Gasteiger charge is -2.48. The molecule has 3 fully saturated rings. The molecule has 25 heavy (non-hydrogen) atoms. The quantitative estimate of drug-likeness (QED) is 0.903. The second-order valence-electron chi connectivity index (χ2n) is 7.63. The number of likely N-dealkylation sites (tertiary alicyclic amines) is 1. The number of aryl methyl sites for hydroxylation is 1. The summed E-state index contributed by atoms with van der Waals surface area (Å²) in [4.78, 5) is 22.8. The van der Waals surface area contributed by atoms with E-state index >= 15 is 0 Å². The van der Waals surface area contributed by atoms with Crippen LogP contribution in [0.3, 0.4) is 0 Å². The van der Waals surface area contributed by atoms with Crippen molar-refractivity contribution in [2.24, 2.45) is 0 Å². The second-order valence-corrected chi connectivity index (χ2v) is 7.63. The van der Waals surface area contributed by atoms with Crippen LogP contribution in [0, 0.1) is 6.92 Å². The van der Waals surface area contributed by atoms with Crippen molar-refractivity contribution >= 4 is 5.91 Å². The molecule has 138 valence electrons. The number of rotatable bonds is 3. The Hall–Kier alpha value is -1.47. The molecule has 1 aromatic rings.